The number of rotatable bonds is 8. The Morgan fingerprint density at radius 3 is 2.31 bits per heavy atom. The Labute approximate surface area is 182 Å². The lowest BCUT2D eigenvalue weighted by molar-refractivity contribution is -0.393. The number of hydrogen-bond acceptors (Lipinski definition) is 9. The number of benzene rings is 3. The number of non-ortho nitro benzene ring substituents is 1. The minimum atomic E-state index is -4.10. The molecule has 3 aromatic carbocycles. The van der Waals surface area contributed by atoms with Gasteiger partial charge in [0.2, 0.25) is 0 Å². The van der Waals surface area contributed by atoms with Crippen LogP contribution in [0.4, 0.5) is 17.1 Å². The summed E-state index contributed by atoms with van der Waals surface area (Å²) in [5.41, 5.74) is 2.55. The maximum absolute atomic E-state index is 12.6. The van der Waals surface area contributed by atoms with Crippen LogP contribution in [-0.2, 0) is 10.1 Å². The van der Waals surface area contributed by atoms with Crippen LogP contribution in [0.15, 0.2) is 76.7 Å². The molecule has 0 aliphatic rings. The topological polar surface area (TPSA) is 154 Å². The molecule has 32 heavy (non-hydrogen) atoms. The van der Waals surface area contributed by atoms with E-state index in [1.807, 2.05) is 6.92 Å². The number of nitro benzene ring substituents is 2. The minimum Gasteiger partial charge on any atom is -0.378 e. The molecule has 3 aromatic rings. The highest BCUT2D eigenvalue weighted by Gasteiger charge is 2.20. The molecule has 3 rings (SSSR count). The smallest absolute Gasteiger partial charge is 0.339 e. The van der Waals surface area contributed by atoms with Gasteiger partial charge in [-0.15, -0.1) is 0 Å². The first kappa shape index (κ1) is 22.4. The number of nitro groups is 2. The Morgan fingerprint density at radius 2 is 1.66 bits per heavy atom. The van der Waals surface area contributed by atoms with Gasteiger partial charge in [-0.2, -0.15) is 13.5 Å². The number of para-hydroxylation sites is 1. The molecule has 0 amide bonds. The maximum atomic E-state index is 12.6. The second kappa shape index (κ2) is 9.22. The van der Waals surface area contributed by atoms with Gasteiger partial charge in [-0.3, -0.25) is 25.7 Å². The van der Waals surface area contributed by atoms with Gasteiger partial charge in [0.15, 0.2) is 5.75 Å². The lowest BCUT2D eigenvalue weighted by Crippen LogP contribution is -2.11. The number of nitrogens with zero attached hydrogens (tertiary/aromatic N) is 3. The molecule has 164 valence electrons. The third kappa shape index (κ3) is 5.23. The van der Waals surface area contributed by atoms with Gasteiger partial charge >= 0.3 is 15.8 Å². The van der Waals surface area contributed by atoms with Gasteiger partial charge in [0.25, 0.3) is 5.69 Å². The highest BCUT2D eigenvalue weighted by atomic mass is 32.2. The van der Waals surface area contributed by atoms with Crippen molar-refractivity contribution in [1.82, 2.24) is 0 Å². The molecule has 11 nitrogen and oxygen atoms in total. The molecular formula is C20H16N4O7S. The van der Waals surface area contributed by atoms with Gasteiger partial charge in [-0.05, 0) is 37.3 Å². The fourth-order valence-electron chi connectivity index (χ4n) is 2.58. The molecule has 0 radical (unpaired) electrons. The van der Waals surface area contributed by atoms with Crippen LogP contribution < -0.4 is 9.61 Å². The molecule has 0 aliphatic carbocycles. The Bertz CT molecular complexity index is 1310. The Balaban J connectivity index is 1.83. The minimum absolute atomic E-state index is 0.00294. The zero-order valence-electron chi connectivity index (χ0n) is 16.5. The van der Waals surface area contributed by atoms with Gasteiger partial charge < -0.3 is 4.18 Å². The molecule has 1 N–H and O–H groups in total. The zero-order chi connectivity index (χ0) is 23.3. The van der Waals surface area contributed by atoms with Crippen LogP contribution in [0.1, 0.15) is 11.1 Å². The summed E-state index contributed by atoms with van der Waals surface area (Å²) in [7, 11) is -4.10. The summed E-state index contributed by atoms with van der Waals surface area (Å²) in [5, 5.41) is 25.9. The van der Waals surface area contributed by atoms with Gasteiger partial charge in [0.05, 0.1) is 22.1 Å². The molecule has 0 heterocycles. The summed E-state index contributed by atoms with van der Waals surface area (Å²) in [4.78, 5) is 20.5. The van der Waals surface area contributed by atoms with Crippen molar-refractivity contribution in [2.75, 3.05) is 5.43 Å². The predicted molar refractivity (Wildman–Crippen MR) is 116 cm³/mol. The molecular weight excluding hydrogens is 440 g/mol. The first-order valence-corrected chi connectivity index (χ1v) is 10.4. The summed E-state index contributed by atoms with van der Waals surface area (Å²) in [6, 6.07) is 15.4. The van der Waals surface area contributed by atoms with Crippen molar-refractivity contribution in [3.8, 4) is 5.75 Å². The molecule has 0 saturated heterocycles. The normalized spacial score (nSPS) is 11.3. The summed E-state index contributed by atoms with van der Waals surface area (Å²) in [5.74, 6) is -0.00294. The highest BCUT2D eigenvalue weighted by Crippen LogP contribution is 2.29. The standard InChI is InChI=1S/C20H16N4O7S/c1-14-6-9-17(10-7-14)32(29,30)31-20-5-3-2-4-15(20)13-21-22-18-11-8-16(23(25)26)12-19(18)24(27)28/h2-13,22H,1H3/b21-13-. The van der Waals surface area contributed by atoms with E-state index in [0.29, 0.717) is 0 Å². The third-order valence-electron chi connectivity index (χ3n) is 4.21. The number of hydrazone groups is 1. The Hall–Kier alpha value is -4.32. The van der Waals surface area contributed by atoms with Crippen LogP contribution in [0.2, 0.25) is 0 Å². The van der Waals surface area contributed by atoms with E-state index in [1.165, 1.54) is 30.5 Å². The summed E-state index contributed by atoms with van der Waals surface area (Å²) in [6.45, 7) is 1.82. The molecule has 12 heteroatoms. The second-order valence-electron chi connectivity index (χ2n) is 6.47. The number of nitrogens with one attached hydrogen (secondary N) is 1. The van der Waals surface area contributed by atoms with Gasteiger partial charge in [-0.1, -0.05) is 29.8 Å². The van der Waals surface area contributed by atoms with Crippen LogP contribution in [0.5, 0.6) is 5.75 Å². The molecule has 0 aliphatic heterocycles. The van der Waals surface area contributed by atoms with Gasteiger partial charge in [0, 0.05) is 11.6 Å². The Kier molecular flexibility index (Phi) is 6.45. The van der Waals surface area contributed by atoms with Crippen molar-refractivity contribution in [3.63, 3.8) is 0 Å². The molecule has 0 fully saturated rings. The maximum Gasteiger partial charge on any atom is 0.339 e. The van der Waals surface area contributed by atoms with E-state index in [2.05, 4.69) is 10.5 Å². The van der Waals surface area contributed by atoms with E-state index in [0.717, 1.165) is 23.8 Å². The van der Waals surface area contributed by atoms with E-state index in [9.17, 15) is 28.6 Å². The van der Waals surface area contributed by atoms with E-state index >= 15 is 0 Å². The van der Waals surface area contributed by atoms with Crippen molar-refractivity contribution in [1.29, 1.82) is 0 Å². The van der Waals surface area contributed by atoms with Crippen molar-refractivity contribution in [3.05, 3.63) is 98.1 Å². The lowest BCUT2D eigenvalue weighted by Gasteiger charge is -2.09. The van der Waals surface area contributed by atoms with E-state index < -0.39 is 31.3 Å². The molecule has 0 unspecified atom stereocenters. The van der Waals surface area contributed by atoms with E-state index in [4.69, 9.17) is 4.18 Å². The number of hydrogen-bond donors (Lipinski definition) is 1. The number of aryl methyl sites for hydroxylation is 1. The van der Waals surface area contributed by atoms with Crippen LogP contribution in [0.3, 0.4) is 0 Å². The zero-order valence-corrected chi connectivity index (χ0v) is 17.4. The highest BCUT2D eigenvalue weighted by molar-refractivity contribution is 7.87. The number of anilines is 1. The molecule has 0 saturated carbocycles. The summed E-state index contributed by atoms with van der Waals surface area (Å²) >= 11 is 0. The quantitative estimate of drug-likeness (QED) is 0.231. The summed E-state index contributed by atoms with van der Waals surface area (Å²) < 4.78 is 30.3. The largest absolute Gasteiger partial charge is 0.378 e. The van der Waals surface area contributed by atoms with Crippen molar-refractivity contribution in [2.24, 2.45) is 5.10 Å². The fraction of sp³-hybridized carbons (Fsp3) is 0.0500. The van der Waals surface area contributed by atoms with Gasteiger partial charge in [-0.25, -0.2) is 0 Å². The SMILES string of the molecule is Cc1ccc(S(=O)(=O)Oc2ccccc2/C=N\Nc2ccc([N+](=O)[O-])cc2[N+](=O)[O-])cc1. The van der Waals surface area contributed by atoms with Crippen LogP contribution in [0.25, 0.3) is 0 Å². The average Bonchev–Trinajstić information content (AvgIpc) is 2.75. The fourth-order valence-corrected chi connectivity index (χ4v) is 3.54. The van der Waals surface area contributed by atoms with Gasteiger partial charge in [0.1, 0.15) is 10.6 Å². The van der Waals surface area contributed by atoms with E-state index in [-0.39, 0.29) is 21.9 Å². The first-order chi connectivity index (χ1) is 15.2. The Morgan fingerprint density at radius 1 is 0.969 bits per heavy atom. The second-order valence-corrected chi connectivity index (χ2v) is 8.02. The lowest BCUT2D eigenvalue weighted by atomic mass is 10.2. The van der Waals surface area contributed by atoms with E-state index in [1.54, 1.807) is 24.3 Å². The molecule has 0 aromatic heterocycles. The molecule has 0 atom stereocenters. The van der Waals surface area contributed by atoms with Crippen molar-refractivity contribution < 1.29 is 22.4 Å². The van der Waals surface area contributed by atoms with Crippen LogP contribution in [0, 0.1) is 27.2 Å². The molecule has 0 spiro atoms. The monoisotopic (exact) mass is 456 g/mol. The van der Waals surface area contributed by atoms with Crippen LogP contribution >= 0.6 is 0 Å². The molecule has 0 bridgehead atoms. The van der Waals surface area contributed by atoms with Crippen molar-refractivity contribution in [2.45, 2.75) is 11.8 Å². The average molecular weight is 456 g/mol. The van der Waals surface area contributed by atoms with Crippen molar-refractivity contribution >= 4 is 33.4 Å². The predicted octanol–water partition coefficient (Wildman–Crippen LogP) is 4.03. The summed E-state index contributed by atoms with van der Waals surface area (Å²) in [6.07, 6.45) is 1.21. The first-order valence-electron chi connectivity index (χ1n) is 8.99. The third-order valence-corrected chi connectivity index (χ3v) is 5.45. The van der Waals surface area contributed by atoms with Crippen LogP contribution in [-0.4, -0.2) is 24.5 Å².